The van der Waals surface area contributed by atoms with E-state index in [-0.39, 0.29) is 5.56 Å². The van der Waals surface area contributed by atoms with E-state index >= 15 is 0 Å². The fraction of sp³-hybridized carbons (Fsp3) is 0.333. The van der Waals surface area contributed by atoms with E-state index in [9.17, 15) is 4.79 Å². The van der Waals surface area contributed by atoms with Crippen LogP contribution < -0.4 is 11.3 Å². The minimum atomic E-state index is -0.0951. The van der Waals surface area contributed by atoms with Crippen molar-refractivity contribution < 1.29 is 0 Å². The van der Waals surface area contributed by atoms with E-state index in [1.54, 1.807) is 6.07 Å². The Labute approximate surface area is 122 Å². The Bertz CT molecular complexity index is 625. The Kier molecular flexibility index (Phi) is 5.38. The molecule has 0 saturated carbocycles. The van der Waals surface area contributed by atoms with E-state index in [0.29, 0.717) is 11.7 Å². The van der Waals surface area contributed by atoms with Crippen LogP contribution in [0.4, 0.5) is 0 Å². The summed E-state index contributed by atoms with van der Waals surface area (Å²) in [5, 5.41) is 0.644. The molecule has 1 aromatic carbocycles. The molecular formula is C15H19N3OS. The number of aromatic amines is 1. The summed E-state index contributed by atoms with van der Waals surface area (Å²) < 4.78 is 0. The third-order valence-electron chi connectivity index (χ3n) is 2.87. The van der Waals surface area contributed by atoms with Gasteiger partial charge in [0.1, 0.15) is 0 Å². The van der Waals surface area contributed by atoms with E-state index in [2.05, 4.69) is 23.0 Å². The quantitative estimate of drug-likeness (QED) is 0.801. The Morgan fingerprint density at radius 1 is 1.30 bits per heavy atom. The second-order valence-corrected chi connectivity index (χ2v) is 5.57. The molecule has 2 aromatic rings. The molecule has 0 amide bonds. The zero-order chi connectivity index (χ0) is 14.4. The molecule has 4 nitrogen and oxygen atoms in total. The summed E-state index contributed by atoms with van der Waals surface area (Å²) in [4.78, 5) is 20.0. The minimum absolute atomic E-state index is 0.0951. The first kappa shape index (κ1) is 14.8. The number of nitrogens with one attached hydrogen (secondary N) is 1. The maximum absolute atomic E-state index is 11.7. The van der Waals surface area contributed by atoms with Gasteiger partial charge in [0.15, 0.2) is 5.16 Å². The van der Waals surface area contributed by atoms with Gasteiger partial charge in [0, 0.05) is 16.7 Å². The number of H-pyrrole nitrogens is 1. The van der Waals surface area contributed by atoms with Crippen molar-refractivity contribution in [2.24, 2.45) is 5.73 Å². The SMILES string of the molecule is CCCc1cc(=O)[nH]c(Sc2ccccc2CCN)n1. The van der Waals surface area contributed by atoms with Crippen molar-refractivity contribution in [1.82, 2.24) is 9.97 Å². The smallest absolute Gasteiger partial charge is 0.251 e. The fourth-order valence-electron chi connectivity index (χ4n) is 1.99. The highest BCUT2D eigenvalue weighted by molar-refractivity contribution is 7.99. The van der Waals surface area contributed by atoms with E-state index in [1.807, 2.05) is 18.2 Å². The lowest BCUT2D eigenvalue weighted by Gasteiger charge is -2.08. The maximum atomic E-state index is 11.7. The molecule has 0 radical (unpaired) electrons. The van der Waals surface area contributed by atoms with Crippen molar-refractivity contribution in [3.63, 3.8) is 0 Å². The molecule has 0 bridgehead atoms. The standard InChI is InChI=1S/C15H19N3OS/c1-2-5-12-10-14(19)18-15(17-12)20-13-7-4-3-6-11(13)8-9-16/h3-4,6-7,10H,2,5,8-9,16H2,1H3,(H,17,18,19). The minimum Gasteiger partial charge on any atom is -0.330 e. The van der Waals surface area contributed by atoms with Crippen molar-refractivity contribution in [2.75, 3.05) is 6.54 Å². The molecular weight excluding hydrogens is 270 g/mol. The van der Waals surface area contributed by atoms with Crippen molar-refractivity contribution in [1.29, 1.82) is 0 Å². The summed E-state index contributed by atoms with van der Waals surface area (Å²) in [5.41, 5.74) is 7.56. The molecule has 20 heavy (non-hydrogen) atoms. The van der Waals surface area contributed by atoms with Gasteiger partial charge in [-0.1, -0.05) is 43.3 Å². The van der Waals surface area contributed by atoms with Crippen molar-refractivity contribution in [3.05, 3.63) is 51.9 Å². The Morgan fingerprint density at radius 2 is 2.10 bits per heavy atom. The Morgan fingerprint density at radius 3 is 2.85 bits per heavy atom. The molecule has 2 rings (SSSR count). The summed E-state index contributed by atoms with van der Waals surface area (Å²) in [6, 6.07) is 9.64. The lowest BCUT2D eigenvalue weighted by molar-refractivity contribution is 0.815. The van der Waals surface area contributed by atoms with Gasteiger partial charge in [0.2, 0.25) is 0 Å². The van der Waals surface area contributed by atoms with Gasteiger partial charge in [-0.25, -0.2) is 4.98 Å². The molecule has 0 unspecified atom stereocenters. The predicted octanol–water partition coefficient (Wildman–Crippen LogP) is 2.37. The summed E-state index contributed by atoms with van der Waals surface area (Å²) in [5.74, 6) is 0. The molecule has 0 atom stereocenters. The van der Waals surface area contributed by atoms with Crippen LogP contribution in [0.2, 0.25) is 0 Å². The van der Waals surface area contributed by atoms with Crippen LogP contribution in [0, 0.1) is 0 Å². The number of aromatic nitrogens is 2. The van der Waals surface area contributed by atoms with Crippen LogP contribution in [-0.2, 0) is 12.8 Å². The Balaban J connectivity index is 2.27. The van der Waals surface area contributed by atoms with Gasteiger partial charge in [0.05, 0.1) is 0 Å². The van der Waals surface area contributed by atoms with Gasteiger partial charge >= 0.3 is 0 Å². The molecule has 1 aromatic heterocycles. The summed E-state index contributed by atoms with van der Waals surface area (Å²) in [6.45, 7) is 2.68. The first-order valence-electron chi connectivity index (χ1n) is 6.79. The summed E-state index contributed by atoms with van der Waals surface area (Å²) in [6.07, 6.45) is 2.62. The summed E-state index contributed by atoms with van der Waals surface area (Å²) >= 11 is 1.49. The largest absolute Gasteiger partial charge is 0.330 e. The third kappa shape index (κ3) is 3.95. The molecule has 0 aliphatic heterocycles. The highest BCUT2D eigenvalue weighted by atomic mass is 32.2. The number of nitrogens with two attached hydrogens (primary N) is 1. The van der Waals surface area contributed by atoms with Crippen molar-refractivity contribution in [3.8, 4) is 0 Å². The van der Waals surface area contributed by atoms with E-state index < -0.39 is 0 Å². The fourth-order valence-corrected chi connectivity index (χ4v) is 2.96. The van der Waals surface area contributed by atoms with Crippen LogP contribution in [0.15, 0.2) is 45.2 Å². The number of hydrogen-bond acceptors (Lipinski definition) is 4. The first-order valence-corrected chi connectivity index (χ1v) is 7.60. The van der Waals surface area contributed by atoms with Gasteiger partial charge in [0.25, 0.3) is 5.56 Å². The van der Waals surface area contributed by atoms with Crippen molar-refractivity contribution >= 4 is 11.8 Å². The lowest BCUT2D eigenvalue weighted by atomic mass is 10.1. The number of benzene rings is 1. The van der Waals surface area contributed by atoms with Gasteiger partial charge in [-0.3, -0.25) is 4.79 Å². The van der Waals surface area contributed by atoms with Crippen molar-refractivity contribution in [2.45, 2.75) is 36.2 Å². The van der Waals surface area contributed by atoms with E-state index in [0.717, 1.165) is 29.9 Å². The normalized spacial score (nSPS) is 10.7. The molecule has 0 aliphatic rings. The van der Waals surface area contributed by atoms with Gasteiger partial charge < -0.3 is 10.7 Å². The second kappa shape index (κ2) is 7.26. The zero-order valence-corrected chi connectivity index (χ0v) is 12.4. The van der Waals surface area contributed by atoms with Gasteiger partial charge in [-0.15, -0.1) is 0 Å². The van der Waals surface area contributed by atoms with Crippen LogP contribution in [0.5, 0.6) is 0 Å². The predicted molar refractivity (Wildman–Crippen MR) is 82.2 cm³/mol. The number of rotatable bonds is 6. The van der Waals surface area contributed by atoms with Crippen LogP contribution >= 0.6 is 11.8 Å². The molecule has 5 heteroatoms. The number of aryl methyl sites for hydroxylation is 1. The van der Waals surface area contributed by atoms with Crippen LogP contribution in [0.25, 0.3) is 0 Å². The molecule has 0 fully saturated rings. The average molecular weight is 289 g/mol. The first-order chi connectivity index (χ1) is 9.72. The molecule has 1 heterocycles. The molecule has 0 saturated heterocycles. The molecule has 0 aliphatic carbocycles. The molecule has 106 valence electrons. The van der Waals surface area contributed by atoms with Crippen LogP contribution in [-0.4, -0.2) is 16.5 Å². The second-order valence-electron chi connectivity index (χ2n) is 4.54. The van der Waals surface area contributed by atoms with Crippen LogP contribution in [0.3, 0.4) is 0 Å². The van der Waals surface area contributed by atoms with E-state index in [1.165, 1.54) is 17.3 Å². The number of nitrogens with zero attached hydrogens (tertiary/aromatic N) is 1. The maximum Gasteiger partial charge on any atom is 0.251 e. The summed E-state index contributed by atoms with van der Waals surface area (Å²) in [7, 11) is 0. The zero-order valence-electron chi connectivity index (χ0n) is 11.6. The van der Waals surface area contributed by atoms with Gasteiger partial charge in [-0.05, 0) is 31.0 Å². The molecule has 3 N–H and O–H groups in total. The van der Waals surface area contributed by atoms with Gasteiger partial charge in [-0.2, -0.15) is 0 Å². The monoisotopic (exact) mass is 289 g/mol. The van der Waals surface area contributed by atoms with Crippen LogP contribution in [0.1, 0.15) is 24.6 Å². The average Bonchev–Trinajstić information content (AvgIpc) is 2.41. The topological polar surface area (TPSA) is 71.8 Å². The third-order valence-corrected chi connectivity index (χ3v) is 3.88. The molecule has 0 spiro atoms. The highest BCUT2D eigenvalue weighted by Gasteiger charge is 2.07. The highest BCUT2D eigenvalue weighted by Crippen LogP contribution is 2.27. The van der Waals surface area contributed by atoms with E-state index in [4.69, 9.17) is 5.73 Å². The lowest BCUT2D eigenvalue weighted by Crippen LogP contribution is -2.10. The Hall–Kier alpha value is -1.59. The number of hydrogen-bond donors (Lipinski definition) is 2.